The molecule has 0 saturated heterocycles. The molecule has 1 unspecified atom stereocenters. The minimum atomic E-state index is -0.607. The van der Waals surface area contributed by atoms with Gasteiger partial charge in [0.15, 0.2) is 0 Å². The smallest absolute Gasteiger partial charge is 0.128 e. The lowest BCUT2D eigenvalue weighted by Gasteiger charge is -2.30. The summed E-state index contributed by atoms with van der Waals surface area (Å²) >= 11 is 6.06. The van der Waals surface area contributed by atoms with Crippen LogP contribution in [0, 0.1) is 12.7 Å². The van der Waals surface area contributed by atoms with E-state index in [-0.39, 0.29) is 11.9 Å². The second-order valence-corrected chi connectivity index (χ2v) is 5.47. The highest BCUT2D eigenvalue weighted by Crippen LogP contribution is 2.42. The van der Waals surface area contributed by atoms with Gasteiger partial charge in [-0.1, -0.05) is 29.3 Å². The highest BCUT2D eigenvalue weighted by atomic mass is 35.5. The Labute approximate surface area is 121 Å². The Bertz CT molecular complexity index is 657. The van der Waals surface area contributed by atoms with Gasteiger partial charge in [-0.3, -0.25) is 0 Å². The first-order valence-electron chi connectivity index (χ1n) is 6.45. The third-order valence-electron chi connectivity index (χ3n) is 3.54. The van der Waals surface area contributed by atoms with Gasteiger partial charge < -0.3 is 9.84 Å². The van der Waals surface area contributed by atoms with Crippen molar-refractivity contribution in [3.8, 4) is 5.75 Å². The molecule has 0 amide bonds. The van der Waals surface area contributed by atoms with E-state index in [2.05, 4.69) is 0 Å². The quantitative estimate of drug-likeness (QED) is 0.847. The lowest BCUT2D eigenvalue weighted by molar-refractivity contribution is 0.0657. The van der Waals surface area contributed by atoms with Gasteiger partial charge in [0.25, 0.3) is 0 Å². The molecule has 4 heteroatoms. The summed E-state index contributed by atoms with van der Waals surface area (Å²) in [6.45, 7) is 1.97. The van der Waals surface area contributed by atoms with Crippen LogP contribution in [0.2, 0.25) is 5.02 Å². The van der Waals surface area contributed by atoms with Crippen LogP contribution in [0.25, 0.3) is 0 Å². The van der Waals surface area contributed by atoms with Gasteiger partial charge in [-0.2, -0.15) is 0 Å². The molecule has 20 heavy (non-hydrogen) atoms. The Morgan fingerprint density at radius 3 is 2.75 bits per heavy atom. The fourth-order valence-electron chi connectivity index (χ4n) is 2.52. The molecular formula is C16H14ClFO2. The standard InChI is InChI=1S/C16H14ClFO2/c1-9-2-5-15-12(6-9)14(19)8-16(20-15)11-4-3-10(18)7-13(11)17/h2-7,14,16,19H,8H2,1H3/t14-,16?/m0/s1. The van der Waals surface area contributed by atoms with E-state index in [1.807, 2.05) is 25.1 Å². The molecule has 2 atom stereocenters. The Balaban J connectivity index is 1.97. The summed E-state index contributed by atoms with van der Waals surface area (Å²) in [6.07, 6.45) is -0.569. The number of benzene rings is 2. The summed E-state index contributed by atoms with van der Waals surface area (Å²) in [5.41, 5.74) is 2.56. The third-order valence-corrected chi connectivity index (χ3v) is 3.87. The molecule has 1 heterocycles. The van der Waals surface area contributed by atoms with Crippen LogP contribution < -0.4 is 4.74 Å². The summed E-state index contributed by atoms with van der Waals surface area (Å²) in [5.74, 6) is 0.269. The van der Waals surface area contributed by atoms with Crippen LogP contribution >= 0.6 is 11.6 Å². The normalized spacial score (nSPS) is 21.2. The zero-order valence-corrected chi connectivity index (χ0v) is 11.7. The first-order valence-corrected chi connectivity index (χ1v) is 6.82. The second-order valence-electron chi connectivity index (χ2n) is 5.07. The fraction of sp³-hybridized carbons (Fsp3) is 0.250. The van der Waals surface area contributed by atoms with Crippen LogP contribution in [0.3, 0.4) is 0 Å². The summed E-state index contributed by atoms with van der Waals surface area (Å²) in [7, 11) is 0. The number of rotatable bonds is 1. The molecule has 0 aliphatic carbocycles. The Morgan fingerprint density at radius 2 is 2.00 bits per heavy atom. The first kappa shape index (κ1) is 13.4. The van der Waals surface area contributed by atoms with Crippen LogP contribution in [0.1, 0.15) is 35.3 Å². The minimum absolute atomic E-state index is 0.317. The molecule has 0 aromatic heterocycles. The van der Waals surface area contributed by atoms with Crippen molar-refractivity contribution in [3.63, 3.8) is 0 Å². The van der Waals surface area contributed by atoms with E-state index >= 15 is 0 Å². The molecule has 0 radical (unpaired) electrons. The number of aliphatic hydroxyl groups is 1. The molecule has 0 fully saturated rings. The molecular weight excluding hydrogens is 279 g/mol. The number of halogens is 2. The van der Waals surface area contributed by atoms with Gasteiger partial charge in [-0.15, -0.1) is 0 Å². The third kappa shape index (κ3) is 2.39. The van der Waals surface area contributed by atoms with Crippen LogP contribution in [-0.2, 0) is 0 Å². The average molecular weight is 293 g/mol. The Kier molecular flexibility index (Phi) is 3.40. The summed E-state index contributed by atoms with van der Waals surface area (Å²) in [4.78, 5) is 0. The van der Waals surface area contributed by atoms with Crippen molar-refractivity contribution in [1.29, 1.82) is 0 Å². The van der Waals surface area contributed by atoms with Crippen LogP contribution in [-0.4, -0.2) is 5.11 Å². The largest absolute Gasteiger partial charge is 0.485 e. The minimum Gasteiger partial charge on any atom is -0.485 e. The Hall–Kier alpha value is -1.58. The van der Waals surface area contributed by atoms with Crippen molar-refractivity contribution >= 4 is 11.6 Å². The van der Waals surface area contributed by atoms with Gasteiger partial charge in [-0.25, -0.2) is 4.39 Å². The van der Waals surface area contributed by atoms with E-state index in [0.717, 1.165) is 11.1 Å². The molecule has 0 spiro atoms. The first-order chi connectivity index (χ1) is 9.54. The molecule has 0 saturated carbocycles. The van der Waals surface area contributed by atoms with Crippen molar-refractivity contribution in [2.75, 3.05) is 0 Å². The van der Waals surface area contributed by atoms with Gasteiger partial charge in [-0.05, 0) is 31.2 Å². The average Bonchev–Trinajstić information content (AvgIpc) is 2.39. The SMILES string of the molecule is Cc1ccc2c(c1)[C@@H](O)CC(c1ccc(F)cc1Cl)O2. The van der Waals surface area contributed by atoms with Gasteiger partial charge in [0.05, 0.1) is 11.1 Å². The molecule has 0 bridgehead atoms. The van der Waals surface area contributed by atoms with Crippen molar-refractivity contribution < 1.29 is 14.2 Å². The molecule has 1 aliphatic rings. The van der Waals surface area contributed by atoms with Gasteiger partial charge in [0.1, 0.15) is 17.7 Å². The molecule has 2 aromatic rings. The molecule has 3 rings (SSSR count). The number of ether oxygens (including phenoxy) is 1. The van der Waals surface area contributed by atoms with Crippen LogP contribution in [0.5, 0.6) is 5.75 Å². The molecule has 2 nitrogen and oxygen atoms in total. The molecule has 2 aromatic carbocycles. The van der Waals surface area contributed by atoms with Gasteiger partial charge in [0.2, 0.25) is 0 Å². The van der Waals surface area contributed by atoms with Crippen molar-refractivity contribution in [2.45, 2.75) is 25.6 Å². The summed E-state index contributed by atoms with van der Waals surface area (Å²) in [5, 5.41) is 10.6. The molecule has 104 valence electrons. The molecule has 1 aliphatic heterocycles. The zero-order valence-electron chi connectivity index (χ0n) is 10.9. The number of aryl methyl sites for hydroxylation is 1. The topological polar surface area (TPSA) is 29.5 Å². The predicted molar refractivity (Wildman–Crippen MR) is 75.5 cm³/mol. The van der Waals surface area contributed by atoms with E-state index in [4.69, 9.17) is 16.3 Å². The number of hydrogen-bond donors (Lipinski definition) is 1. The highest BCUT2D eigenvalue weighted by molar-refractivity contribution is 6.31. The number of aliphatic hydroxyl groups excluding tert-OH is 1. The van der Waals surface area contributed by atoms with Crippen molar-refractivity contribution in [1.82, 2.24) is 0 Å². The number of hydrogen-bond acceptors (Lipinski definition) is 2. The van der Waals surface area contributed by atoms with Crippen LogP contribution in [0.15, 0.2) is 36.4 Å². The summed E-state index contributed by atoms with van der Waals surface area (Å²) in [6, 6.07) is 9.91. The van der Waals surface area contributed by atoms with Gasteiger partial charge in [0, 0.05) is 17.5 Å². The maximum Gasteiger partial charge on any atom is 0.128 e. The maximum absolute atomic E-state index is 13.1. The lowest BCUT2D eigenvalue weighted by Crippen LogP contribution is -2.19. The van der Waals surface area contributed by atoms with Crippen LogP contribution in [0.4, 0.5) is 4.39 Å². The zero-order chi connectivity index (χ0) is 14.3. The second kappa shape index (κ2) is 5.08. The predicted octanol–water partition coefficient (Wildman–Crippen LogP) is 4.34. The Morgan fingerprint density at radius 1 is 1.20 bits per heavy atom. The van der Waals surface area contributed by atoms with E-state index in [1.165, 1.54) is 12.1 Å². The highest BCUT2D eigenvalue weighted by Gasteiger charge is 2.29. The fourth-order valence-corrected chi connectivity index (χ4v) is 2.81. The number of fused-ring (bicyclic) bond motifs is 1. The maximum atomic E-state index is 13.1. The van der Waals surface area contributed by atoms with E-state index in [9.17, 15) is 9.50 Å². The molecule has 1 N–H and O–H groups in total. The van der Waals surface area contributed by atoms with E-state index in [1.54, 1.807) is 6.07 Å². The monoisotopic (exact) mass is 292 g/mol. The lowest BCUT2D eigenvalue weighted by atomic mass is 9.94. The van der Waals surface area contributed by atoms with Crippen molar-refractivity contribution in [2.24, 2.45) is 0 Å². The van der Waals surface area contributed by atoms with Gasteiger partial charge >= 0.3 is 0 Å². The van der Waals surface area contributed by atoms with E-state index in [0.29, 0.717) is 22.8 Å². The summed E-state index contributed by atoms with van der Waals surface area (Å²) < 4.78 is 19.0. The van der Waals surface area contributed by atoms with Crippen molar-refractivity contribution in [3.05, 3.63) is 63.9 Å². The van der Waals surface area contributed by atoms with E-state index < -0.39 is 6.10 Å².